The van der Waals surface area contributed by atoms with E-state index < -0.39 is 12.2 Å². The van der Waals surface area contributed by atoms with E-state index in [-0.39, 0.29) is 12.6 Å². The van der Waals surface area contributed by atoms with Crippen molar-refractivity contribution >= 4 is 16.9 Å². The number of piperidine rings is 1. The Hall–Kier alpha value is -2.77. The lowest BCUT2D eigenvalue weighted by Gasteiger charge is -2.32. The van der Waals surface area contributed by atoms with E-state index in [2.05, 4.69) is 9.97 Å². The van der Waals surface area contributed by atoms with Crippen molar-refractivity contribution in [3.63, 3.8) is 0 Å². The molecular formula is C19H19F3N4O. The second-order valence-electron chi connectivity index (χ2n) is 6.55. The molecule has 0 amide bonds. The molecule has 4 rings (SSSR count). The maximum Gasteiger partial charge on any atom is 0.256 e. The van der Waals surface area contributed by atoms with Gasteiger partial charge in [-0.15, -0.1) is 0 Å². The van der Waals surface area contributed by atoms with Gasteiger partial charge in [0.05, 0.1) is 24.5 Å². The summed E-state index contributed by atoms with van der Waals surface area (Å²) in [6.45, 7) is 1.08. The fourth-order valence-electron chi connectivity index (χ4n) is 3.43. The van der Waals surface area contributed by atoms with Gasteiger partial charge >= 0.3 is 0 Å². The van der Waals surface area contributed by atoms with Crippen molar-refractivity contribution < 1.29 is 17.9 Å². The first-order chi connectivity index (χ1) is 13.1. The fourth-order valence-corrected chi connectivity index (χ4v) is 3.43. The maximum absolute atomic E-state index is 13.0. The highest BCUT2D eigenvalue weighted by molar-refractivity contribution is 5.86. The lowest BCUT2D eigenvalue weighted by Crippen LogP contribution is -2.39. The molecule has 0 spiro atoms. The molecule has 5 nitrogen and oxygen atoms in total. The quantitative estimate of drug-likeness (QED) is 0.678. The Morgan fingerprint density at radius 2 is 1.85 bits per heavy atom. The third-order valence-electron chi connectivity index (χ3n) is 4.73. The Morgan fingerprint density at radius 3 is 2.56 bits per heavy atom. The normalized spacial score (nSPS) is 15.6. The molecule has 0 unspecified atom stereocenters. The Balaban J connectivity index is 1.43. The van der Waals surface area contributed by atoms with Gasteiger partial charge in [-0.05, 0) is 18.2 Å². The van der Waals surface area contributed by atoms with Gasteiger partial charge in [-0.25, -0.2) is 23.1 Å². The third-order valence-corrected chi connectivity index (χ3v) is 4.73. The molecule has 3 heterocycles. The highest BCUT2D eigenvalue weighted by Gasteiger charge is 2.23. The van der Waals surface area contributed by atoms with Gasteiger partial charge in [0.25, 0.3) is 6.43 Å². The summed E-state index contributed by atoms with van der Waals surface area (Å²) in [6, 6.07) is 7.32. The molecule has 1 fully saturated rings. The minimum absolute atomic E-state index is 0.0192. The Labute approximate surface area is 154 Å². The van der Waals surface area contributed by atoms with Crippen molar-refractivity contribution in [2.45, 2.75) is 31.9 Å². The molecule has 3 aromatic rings. The SMILES string of the molecule is Fc1cnc(N2CCC(Oc3cccc4c3ccn4CC(F)F)CC2)nc1. The highest BCUT2D eigenvalue weighted by Crippen LogP contribution is 2.30. The van der Waals surface area contributed by atoms with E-state index in [1.54, 1.807) is 10.8 Å². The zero-order valence-electron chi connectivity index (χ0n) is 14.6. The Kier molecular flexibility index (Phi) is 4.87. The summed E-state index contributed by atoms with van der Waals surface area (Å²) < 4.78 is 46.1. The van der Waals surface area contributed by atoms with E-state index in [1.807, 2.05) is 29.2 Å². The summed E-state index contributed by atoms with van der Waals surface area (Å²) in [6.07, 6.45) is 3.15. The average molecular weight is 376 g/mol. The molecular weight excluding hydrogens is 357 g/mol. The van der Waals surface area contributed by atoms with Gasteiger partial charge in [0.2, 0.25) is 5.95 Å². The molecule has 27 heavy (non-hydrogen) atoms. The number of hydrogen-bond donors (Lipinski definition) is 0. The molecule has 2 aromatic heterocycles. The second-order valence-corrected chi connectivity index (χ2v) is 6.55. The molecule has 0 atom stereocenters. The smallest absolute Gasteiger partial charge is 0.256 e. The topological polar surface area (TPSA) is 43.2 Å². The van der Waals surface area contributed by atoms with Crippen LogP contribution >= 0.6 is 0 Å². The van der Waals surface area contributed by atoms with Gasteiger partial charge in [-0.1, -0.05) is 6.07 Å². The zero-order valence-corrected chi connectivity index (χ0v) is 14.6. The lowest BCUT2D eigenvalue weighted by molar-refractivity contribution is 0.128. The molecule has 0 N–H and O–H groups in total. The van der Waals surface area contributed by atoms with Gasteiger partial charge in [-0.3, -0.25) is 0 Å². The highest BCUT2D eigenvalue weighted by atomic mass is 19.3. The van der Waals surface area contributed by atoms with Crippen LogP contribution in [0.3, 0.4) is 0 Å². The van der Waals surface area contributed by atoms with Gasteiger partial charge in [-0.2, -0.15) is 0 Å². The van der Waals surface area contributed by atoms with Crippen molar-refractivity contribution in [2.75, 3.05) is 18.0 Å². The van der Waals surface area contributed by atoms with Crippen molar-refractivity contribution in [2.24, 2.45) is 0 Å². The number of rotatable bonds is 5. The monoisotopic (exact) mass is 376 g/mol. The van der Waals surface area contributed by atoms with Gasteiger partial charge in [0.15, 0.2) is 5.82 Å². The average Bonchev–Trinajstić information content (AvgIpc) is 3.06. The predicted octanol–water partition coefficient (Wildman–Crippen LogP) is 3.88. The van der Waals surface area contributed by atoms with E-state index in [0.29, 0.717) is 24.8 Å². The molecule has 1 saturated heterocycles. The number of alkyl halides is 2. The predicted molar refractivity (Wildman–Crippen MR) is 95.8 cm³/mol. The third kappa shape index (κ3) is 3.84. The van der Waals surface area contributed by atoms with Gasteiger partial charge in [0, 0.05) is 37.5 Å². The Bertz CT molecular complexity index is 905. The summed E-state index contributed by atoms with van der Waals surface area (Å²) in [5.74, 6) is 0.766. The van der Waals surface area contributed by atoms with Crippen molar-refractivity contribution in [3.05, 3.63) is 48.7 Å². The summed E-state index contributed by atoms with van der Waals surface area (Å²) >= 11 is 0. The summed E-state index contributed by atoms with van der Waals surface area (Å²) in [7, 11) is 0. The minimum atomic E-state index is -2.40. The number of hydrogen-bond acceptors (Lipinski definition) is 4. The summed E-state index contributed by atoms with van der Waals surface area (Å²) in [4.78, 5) is 10.0. The molecule has 8 heteroatoms. The first kappa shape index (κ1) is 17.6. The van der Waals surface area contributed by atoms with Crippen LogP contribution in [-0.4, -0.2) is 40.2 Å². The van der Waals surface area contributed by atoms with Gasteiger partial charge in [0.1, 0.15) is 11.9 Å². The number of nitrogens with zero attached hydrogens (tertiary/aromatic N) is 4. The number of halogens is 3. The first-order valence-electron chi connectivity index (χ1n) is 8.85. The number of ether oxygens (including phenoxy) is 1. The van der Waals surface area contributed by atoms with Crippen LogP contribution in [0, 0.1) is 5.82 Å². The lowest BCUT2D eigenvalue weighted by atomic mass is 10.1. The van der Waals surface area contributed by atoms with Crippen LogP contribution in [0.15, 0.2) is 42.9 Å². The molecule has 0 saturated carbocycles. The van der Waals surface area contributed by atoms with Crippen LogP contribution in [0.5, 0.6) is 5.75 Å². The van der Waals surface area contributed by atoms with E-state index in [1.165, 1.54) is 0 Å². The molecule has 1 aromatic carbocycles. The van der Waals surface area contributed by atoms with Crippen molar-refractivity contribution in [1.29, 1.82) is 0 Å². The Morgan fingerprint density at radius 1 is 1.11 bits per heavy atom. The van der Waals surface area contributed by atoms with Crippen LogP contribution in [0.4, 0.5) is 19.1 Å². The van der Waals surface area contributed by atoms with E-state index in [0.717, 1.165) is 36.1 Å². The maximum atomic E-state index is 13.0. The fraction of sp³-hybridized carbons (Fsp3) is 0.368. The van der Waals surface area contributed by atoms with Crippen LogP contribution in [0.2, 0.25) is 0 Å². The summed E-state index contributed by atoms with van der Waals surface area (Å²) in [5, 5.41) is 0.836. The zero-order chi connectivity index (χ0) is 18.8. The van der Waals surface area contributed by atoms with Crippen LogP contribution < -0.4 is 9.64 Å². The molecule has 0 bridgehead atoms. The first-order valence-corrected chi connectivity index (χ1v) is 8.85. The molecule has 0 aliphatic carbocycles. The van der Waals surface area contributed by atoms with E-state index >= 15 is 0 Å². The van der Waals surface area contributed by atoms with Crippen molar-refractivity contribution in [3.8, 4) is 5.75 Å². The minimum Gasteiger partial charge on any atom is -0.490 e. The largest absolute Gasteiger partial charge is 0.490 e. The second kappa shape index (κ2) is 7.46. The standard InChI is InChI=1S/C19H19F3N4O/c20-13-10-23-19(24-11-13)25-7-4-14(5-8-25)27-17-3-1-2-16-15(17)6-9-26(16)12-18(21)22/h1-3,6,9-11,14,18H,4-5,7-8,12H2. The number of benzene rings is 1. The van der Waals surface area contributed by atoms with E-state index in [9.17, 15) is 13.2 Å². The summed E-state index contributed by atoms with van der Waals surface area (Å²) in [5.41, 5.74) is 0.741. The number of anilines is 1. The van der Waals surface area contributed by atoms with Crippen LogP contribution in [-0.2, 0) is 6.54 Å². The number of aromatic nitrogens is 3. The van der Waals surface area contributed by atoms with E-state index in [4.69, 9.17) is 4.74 Å². The molecule has 1 aliphatic rings. The number of fused-ring (bicyclic) bond motifs is 1. The molecule has 1 aliphatic heterocycles. The van der Waals surface area contributed by atoms with Crippen LogP contribution in [0.25, 0.3) is 10.9 Å². The van der Waals surface area contributed by atoms with Crippen molar-refractivity contribution in [1.82, 2.24) is 14.5 Å². The van der Waals surface area contributed by atoms with Crippen LogP contribution in [0.1, 0.15) is 12.8 Å². The molecule has 142 valence electrons. The van der Waals surface area contributed by atoms with Gasteiger partial charge < -0.3 is 14.2 Å². The molecule has 0 radical (unpaired) electrons.